The molecule has 18 heavy (non-hydrogen) atoms. The van der Waals surface area contributed by atoms with Gasteiger partial charge in [0.25, 0.3) is 0 Å². The van der Waals surface area contributed by atoms with Gasteiger partial charge in [0.2, 0.25) is 0 Å². The summed E-state index contributed by atoms with van der Waals surface area (Å²) in [6, 6.07) is 10.8. The molecule has 1 N–H and O–H groups in total. The molecule has 96 valence electrons. The van der Waals surface area contributed by atoms with Crippen molar-refractivity contribution in [2.75, 3.05) is 0 Å². The molecule has 2 aromatic rings. The van der Waals surface area contributed by atoms with Gasteiger partial charge < -0.3 is 5.32 Å². The molecule has 0 aliphatic heterocycles. The summed E-state index contributed by atoms with van der Waals surface area (Å²) in [5.41, 5.74) is 2.36. The third-order valence-corrected chi connectivity index (χ3v) is 3.27. The molecule has 2 rings (SSSR count). The highest BCUT2D eigenvalue weighted by Gasteiger charge is 2.01. The molecule has 4 heteroatoms. The standard InChI is InChI=1S/C14H18BrN3/c1-11(2)18-8-7-14(17-18)10-16-9-12-3-5-13(15)6-4-12/h3-8,11,16H,9-10H2,1-2H3. The maximum Gasteiger partial charge on any atom is 0.0762 e. The van der Waals surface area contributed by atoms with Crippen LogP contribution in [0.1, 0.15) is 31.1 Å². The average molecular weight is 308 g/mol. The Balaban J connectivity index is 1.82. The van der Waals surface area contributed by atoms with Crippen molar-refractivity contribution in [3.63, 3.8) is 0 Å². The predicted molar refractivity (Wildman–Crippen MR) is 77.3 cm³/mol. The topological polar surface area (TPSA) is 29.9 Å². The summed E-state index contributed by atoms with van der Waals surface area (Å²) in [7, 11) is 0. The fraction of sp³-hybridized carbons (Fsp3) is 0.357. The van der Waals surface area contributed by atoms with Crippen LogP contribution in [0, 0.1) is 0 Å². The van der Waals surface area contributed by atoms with E-state index in [1.807, 2.05) is 10.9 Å². The number of nitrogens with zero attached hydrogens (tertiary/aromatic N) is 2. The molecule has 0 radical (unpaired) electrons. The van der Waals surface area contributed by atoms with Crippen molar-refractivity contribution in [1.29, 1.82) is 0 Å². The first-order valence-corrected chi connectivity index (χ1v) is 6.93. The van der Waals surface area contributed by atoms with Gasteiger partial charge in [-0.15, -0.1) is 0 Å². The lowest BCUT2D eigenvalue weighted by molar-refractivity contribution is 0.521. The SMILES string of the molecule is CC(C)n1ccc(CNCc2ccc(Br)cc2)n1. The first kappa shape index (κ1) is 13.3. The van der Waals surface area contributed by atoms with Crippen LogP contribution < -0.4 is 5.32 Å². The third kappa shape index (κ3) is 3.68. The fourth-order valence-corrected chi connectivity index (χ4v) is 1.96. The lowest BCUT2D eigenvalue weighted by Crippen LogP contribution is -2.13. The maximum absolute atomic E-state index is 4.50. The van der Waals surface area contributed by atoms with Crippen LogP contribution in [0.15, 0.2) is 41.0 Å². The quantitative estimate of drug-likeness (QED) is 0.916. The maximum atomic E-state index is 4.50. The molecule has 3 nitrogen and oxygen atoms in total. The summed E-state index contributed by atoms with van der Waals surface area (Å²) >= 11 is 3.43. The number of benzene rings is 1. The Labute approximate surface area is 116 Å². The Morgan fingerprint density at radius 3 is 2.50 bits per heavy atom. The zero-order valence-corrected chi connectivity index (χ0v) is 12.3. The van der Waals surface area contributed by atoms with Crippen LogP contribution in [-0.4, -0.2) is 9.78 Å². The zero-order valence-electron chi connectivity index (χ0n) is 10.7. The average Bonchev–Trinajstić information content (AvgIpc) is 2.81. The van der Waals surface area contributed by atoms with Crippen molar-refractivity contribution < 1.29 is 0 Å². The molecule has 1 aromatic carbocycles. The van der Waals surface area contributed by atoms with E-state index >= 15 is 0 Å². The normalized spacial score (nSPS) is 11.1. The van der Waals surface area contributed by atoms with E-state index in [9.17, 15) is 0 Å². The molecule has 1 aromatic heterocycles. The van der Waals surface area contributed by atoms with E-state index in [0.29, 0.717) is 6.04 Å². The van der Waals surface area contributed by atoms with Crippen molar-refractivity contribution in [3.8, 4) is 0 Å². The number of hydrogen-bond donors (Lipinski definition) is 1. The highest BCUT2D eigenvalue weighted by molar-refractivity contribution is 9.10. The van der Waals surface area contributed by atoms with Crippen LogP contribution in [0.5, 0.6) is 0 Å². The smallest absolute Gasteiger partial charge is 0.0762 e. The van der Waals surface area contributed by atoms with Crippen molar-refractivity contribution in [2.24, 2.45) is 0 Å². The Bertz CT molecular complexity index is 488. The summed E-state index contributed by atoms with van der Waals surface area (Å²) in [4.78, 5) is 0. The van der Waals surface area contributed by atoms with Gasteiger partial charge in [0.15, 0.2) is 0 Å². The van der Waals surface area contributed by atoms with Gasteiger partial charge in [-0.3, -0.25) is 4.68 Å². The molecular weight excluding hydrogens is 290 g/mol. The van der Waals surface area contributed by atoms with Gasteiger partial charge in [0, 0.05) is 29.8 Å². The Kier molecular flexibility index (Phi) is 4.55. The second-order valence-electron chi connectivity index (χ2n) is 4.61. The minimum atomic E-state index is 0.422. The van der Waals surface area contributed by atoms with E-state index < -0.39 is 0 Å². The van der Waals surface area contributed by atoms with E-state index in [-0.39, 0.29) is 0 Å². The summed E-state index contributed by atoms with van der Waals surface area (Å²) in [5, 5.41) is 7.90. The third-order valence-electron chi connectivity index (χ3n) is 2.74. The van der Waals surface area contributed by atoms with Crippen LogP contribution in [0.2, 0.25) is 0 Å². The molecular formula is C14H18BrN3. The van der Waals surface area contributed by atoms with Gasteiger partial charge in [-0.25, -0.2) is 0 Å². The highest BCUT2D eigenvalue weighted by Crippen LogP contribution is 2.10. The molecule has 0 spiro atoms. The minimum Gasteiger partial charge on any atom is -0.307 e. The summed E-state index contributed by atoms with van der Waals surface area (Å²) in [5.74, 6) is 0. The first-order chi connectivity index (χ1) is 8.65. The molecule has 0 atom stereocenters. The second-order valence-corrected chi connectivity index (χ2v) is 5.53. The van der Waals surface area contributed by atoms with Crippen LogP contribution in [0.3, 0.4) is 0 Å². The van der Waals surface area contributed by atoms with E-state index in [4.69, 9.17) is 0 Å². The Hall–Kier alpha value is -1.13. The molecule has 0 unspecified atom stereocenters. The molecule has 0 aliphatic rings. The first-order valence-electron chi connectivity index (χ1n) is 6.14. The van der Waals surface area contributed by atoms with E-state index in [1.165, 1.54) is 5.56 Å². The highest BCUT2D eigenvalue weighted by atomic mass is 79.9. The van der Waals surface area contributed by atoms with E-state index in [2.05, 4.69) is 70.5 Å². The molecule has 0 saturated carbocycles. The predicted octanol–water partition coefficient (Wildman–Crippen LogP) is 3.52. The van der Waals surface area contributed by atoms with E-state index in [1.54, 1.807) is 0 Å². The monoisotopic (exact) mass is 307 g/mol. The van der Waals surface area contributed by atoms with Gasteiger partial charge in [-0.2, -0.15) is 5.10 Å². The Morgan fingerprint density at radius 2 is 1.89 bits per heavy atom. The van der Waals surface area contributed by atoms with Crippen LogP contribution in [0.25, 0.3) is 0 Å². The number of rotatable bonds is 5. The van der Waals surface area contributed by atoms with Crippen molar-refractivity contribution in [3.05, 3.63) is 52.3 Å². The minimum absolute atomic E-state index is 0.422. The fourth-order valence-electron chi connectivity index (χ4n) is 1.70. The van der Waals surface area contributed by atoms with Gasteiger partial charge in [0.1, 0.15) is 0 Å². The molecule has 0 amide bonds. The summed E-state index contributed by atoms with van der Waals surface area (Å²) < 4.78 is 3.10. The molecule has 0 bridgehead atoms. The van der Waals surface area contributed by atoms with Gasteiger partial charge in [-0.1, -0.05) is 28.1 Å². The number of hydrogen-bond acceptors (Lipinski definition) is 2. The van der Waals surface area contributed by atoms with Crippen LogP contribution in [0.4, 0.5) is 0 Å². The number of halogens is 1. The van der Waals surface area contributed by atoms with Crippen LogP contribution >= 0.6 is 15.9 Å². The lowest BCUT2D eigenvalue weighted by Gasteiger charge is -2.05. The largest absolute Gasteiger partial charge is 0.307 e. The molecule has 1 heterocycles. The second kappa shape index (κ2) is 6.16. The van der Waals surface area contributed by atoms with Crippen molar-refractivity contribution in [1.82, 2.24) is 15.1 Å². The van der Waals surface area contributed by atoms with Gasteiger partial charge in [0.05, 0.1) is 5.69 Å². The summed E-state index contributed by atoms with van der Waals surface area (Å²) in [6.45, 7) is 5.93. The summed E-state index contributed by atoms with van der Waals surface area (Å²) in [6.07, 6.45) is 2.03. The lowest BCUT2D eigenvalue weighted by atomic mass is 10.2. The van der Waals surface area contributed by atoms with Crippen LogP contribution in [-0.2, 0) is 13.1 Å². The molecule has 0 saturated heterocycles. The zero-order chi connectivity index (χ0) is 13.0. The molecule has 0 fully saturated rings. The van der Waals surface area contributed by atoms with Crippen molar-refractivity contribution >= 4 is 15.9 Å². The van der Waals surface area contributed by atoms with Gasteiger partial charge >= 0.3 is 0 Å². The molecule has 0 aliphatic carbocycles. The number of nitrogens with one attached hydrogen (secondary N) is 1. The number of aromatic nitrogens is 2. The Morgan fingerprint density at radius 1 is 1.17 bits per heavy atom. The van der Waals surface area contributed by atoms with E-state index in [0.717, 1.165) is 23.3 Å². The van der Waals surface area contributed by atoms with Crippen molar-refractivity contribution in [2.45, 2.75) is 33.0 Å². The van der Waals surface area contributed by atoms with Gasteiger partial charge in [-0.05, 0) is 37.6 Å².